The first-order valence-electron chi connectivity index (χ1n) is 12.3. The molecule has 0 aliphatic rings. The molecule has 2 aromatic heterocycles. The van der Waals surface area contributed by atoms with Gasteiger partial charge in [0.2, 0.25) is 0 Å². The van der Waals surface area contributed by atoms with Gasteiger partial charge in [-0.1, -0.05) is 0 Å². The fourth-order valence-corrected chi connectivity index (χ4v) is 11.7. The molecule has 0 atom stereocenters. The average Bonchev–Trinajstić information content (AvgIpc) is 3.62. The predicted molar refractivity (Wildman–Crippen MR) is 155 cm³/mol. The number of thiazole rings is 1. The van der Waals surface area contributed by atoms with Gasteiger partial charge in [-0.25, -0.2) is 0 Å². The summed E-state index contributed by atoms with van der Waals surface area (Å²) < 4.78 is 47.8. The Morgan fingerprint density at radius 3 is 1.88 bits per heavy atom. The van der Waals surface area contributed by atoms with Crippen LogP contribution >= 0.6 is 28.5 Å². The molecule has 11 heteroatoms. The van der Waals surface area contributed by atoms with Crippen LogP contribution in [-0.2, 0) is 17.1 Å². The molecule has 0 saturated carbocycles. The van der Waals surface area contributed by atoms with Gasteiger partial charge in [-0.2, -0.15) is 0 Å². The van der Waals surface area contributed by atoms with Crippen LogP contribution in [0.2, 0.25) is 0 Å². The van der Waals surface area contributed by atoms with Crippen molar-refractivity contribution in [2.45, 2.75) is 19.3 Å². The number of ether oxygens (including phenoxy) is 1. The summed E-state index contributed by atoms with van der Waals surface area (Å²) >= 11 is 9.08. The summed E-state index contributed by atoms with van der Waals surface area (Å²) in [4.78, 5) is 16.9. The van der Waals surface area contributed by atoms with Crippen molar-refractivity contribution < 1.29 is 22.7 Å². The minimum absolute atomic E-state index is 0.0335. The van der Waals surface area contributed by atoms with Gasteiger partial charge in [0.05, 0.1) is 0 Å². The van der Waals surface area contributed by atoms with Crippen LogP contribution in [0.4, 0.5) is 13.2 Å². The second kappa shape index (κ2) is 10.8. The van der Waals surface area contributed by atoms with Gasteiger partial charge in [-0.3, -0.25) is 0 Å². The zero-order chi connectivity index (χ0) is 28.4. The Morgan fingerprint density at radius 1 is 0.925 bits per heavy atom. The molecule has 2 heterocycles. The number of carbonyl (C=O) groups excluding carboxylic acids is 1. The molecule has 5 aromatic rings. The van der Waals surface area contributed by atoms with E-state index < -0.39 is 29.4 Å². The molecule has 40 heavy (non-hydrogen) atoms. The summed E-state index contributed by atoms with van der Waals surface area (Å²) in [6.07, 6.45) is -3.76. The van der Waals surface area contributed by atoms with E-state index in [0.717, 1.165) is 33.4 Å². The maximum atomic E-state index is 14.1. The third kappa shape index (κ3) is 4.83. The van der Waals surface area contributed by atoms with E-state index in [2.05, 4.69) is 10.1 Å². The number of aromatic nitrogens is 3. The zero-order valence-electron chi connectivity index (χ0n) is 21.3. The standard InChI is InChI=1S/C29H24ClF3N3O2PS/c1-2-38-27(37)25-18-34-36(26(25)29(31,32)33)28-35-21(20-40-28)19-39(30,22-12-6-3-7-13-22,23-14-8-4-9-15-23)24-16-10-5-11-17-24/h3-18,20H,2,19H2,1H3. The average molecular weight is 602 g/mol. The third-order valence-electron chi connectivity index (χ3n) is 6.60. The van der Waals surface area contributed by atoms with E-state index in [1.165, 1.54) is 6.92 Å². The summed E-state index contributed by atoms with van der Waals surface area (Å²) in [5.41, 5.74) is -1.39. The van der Waals surface area contributed by atoms with Gasteiger partial charge in [-0.05, 0) is 0 Å². The molecule has 0 amide bonds. The number of benzene rings is 3. The molecule has 5 rings (SSSR count). The van der Waals surface area contributed by atoms with Gasteiger partial charge >= 0.3 is 238 Å². The summed E-state index contributed by atoms with van der Waals surface area (Å²) in [6, 6.07) is 29.2. The number of carbonyl (C=O) groups is 1. The second-order valence-electron chi connectivity index (χ2n) is 9.01. The Labute approximate surface area is 237 Å². The Bertz CT molecular complexity index is 1530. The van der Waals surface area contributed by atoms with Crippen molar-refractivity contribution in [2.24, 2.45) is 0 Å². The molecule has 206 valence electrons. The minimum atomic E-state index is -4.87. The molecule has 0 spiro atoms. The quantitative estimate of drug-likeness (QED) is 0.147. The van der Waals surface area contributed by atoms with Crippen LogP contribution < -0.4 is 15.9 Å². The predicted octanol–water partition coefficient (Wildman–Crippen LogP) is 6.71. The van der Waals surface area contributed by atoms with Gasteiger partial charge in [-0.15, -0.1) is 0 Å². The van der Waals surface area contributed by atoms with Gasteiger partial charge in [0.25, 0.3) is 0 Å². The number of halogens is 4. The Hall–Kier alpha value is -3.52. The molecule has 0 saturated heterocycles. The number of esters is 1. The number of hydrogen-bond donors (Lipinski definition) is 0. The van der Waals surface area contributed by atoms with Crippen molar-refractivity contribution in [1.82, 2.24) is 14.8 Å². The summed E-state index contributed by atoms with van der Waals surface area (Å²) in [5.74, 6) is -4.85. The van der Waals surface area contributed by atoms with E-state index in [1.54, 1.807) is 5.38 Å². The molecule has 0 aliphatic heterocycles. The topological polar surface area (TPSA) is 57.0 Å². The third-order valence-corrected chi connectivity index (χ3v) is 14.6. The van der Waals surface area contributed by atoms with Crippen molar-refractivity contribution in [3.8, 4) is 5.13 Å². The molecule has 0 aliphatic carbocycles. The number of hydrogen-bond acceptors (Lipinski definition) is 5. The summed E-state index contributed by atoms with van der Waals surface area (Å²) in [6.45, 7) is 1.46. The second-order valence-corrected chi connectivity index (χ2v) is 16.3. The molecular weight excluding hydrogens is 578 g/mol. The molecule has 0 bridgehead atoms. The van der Waals surface area contributed by atoms with Crippen molar-refractivity contribution in [2.75, 3.05) is 6.61 Å². The van der Waals surface area contributed by atoms with Crippen LogP contribution in [-0.4, -0.2) is 27.3 Å². The van der Waals surface area contributed by atoms with Crippen molar-refractivity contribution in [3.63, 3.8) is 0 Å². The van der Waals surface area contributed by atoms with E-state index in [-0.39, 0.29) is 17.9 Å². The Balaban J connectivity index is 1.69. The van der Waals surface area contributed by atoms with Gasteiger partial charge in [0.15, 0.2) is 0 Å². The van der Waals surface area contributed by atoms with Crippen molar-refractivity contribution >= 4 is 50.4 Å². The Morgan fingerprint density at radius 2 is 1.43 bits per heavy atom. The fourth-order valence-electron chi connectivity index (χ4n) is 4.83. The monoisotopic (exact) mass is 601 g/mol. The normalized spacial score (nSPS) is 13.0. The van der Waals surface area contributed by atoms with Gasteiger partial charge < -0.3 is 0 Å². The van der Waals surface area contributed by atoms with Gasteiger partial charge in [0.1, 0.15) is 0 Å². The van der Waals surface area contributed by atoms with E-state index in [4.69, 9.17) is 16.0 Å². The molecular formula is C29H24ClF3N3O2PS. The van der Waals surface area contributed by atoms with E-state index in [0.29, 0.717) is 10.4 Å². The van der Waals surface area contributed by atoms with Crippen LogP contribution in [0.1, 0.15) is 28.7 Å². The van der Waals surface area contributed by atoms with Gasteiger partial charge in [0, 0.05) is 0 Å². The van der Waals surface area contributed by atoms with E-state index >= 15 is 0 Å². The van der Waals surface area contributed by atoms with Crippen LogP contribution in [0, 0.1) is 0 Å². The number of rotatable bonds is 8. The van der Waals surface area contributed by atoms with Crippen molar-refractivity contribution in [3.05, 3.63) is 120 Å². The van der Waals surface area contributed by atoms with Crippen LogP contribution in [0.15, 0.2) is 103 Å². The fraction of sp³-hybridized carbons (Fsp3) is 0.138. The van der Waals surface area contributed by atoms with Crippen LogP contribution in [0.25, 0.3) is 5.13 Å². The first kappa shape index (κ1) is 28.0. The summed E-state index contributed by atoms with van der Waals surface area (Å²) in [7, 11) is 0. The van der Waals surface area contributed by atoms with E-state index in [9.17, 15) is 18.0 Å². The maximum absolute atomic E-state index is 14.1. The van der Waals surface area contributed by atoms with Crippen LogP contribution in [0.5, 0.6) is 0 Å². The molecule has 0 fully saturated rings. The number of alkyl halides is 3. The van der Waals surface area contributed by atoms with Crippen LogP contribution in [0.3, 0.4) is 0 Å². The SMILES string of the molecule is CCOC(=O)c1cnn(-c2nc(CP(Cl)(c3ccccc3)(c3ccccc3)c3ccccc3)cs2)c1C(F)(F)F. The molecule has 0 unspecified atom stereocenters. The first-order valence-corrected chi connectivity index (χ1v) is 16.5. The summed E-state index contributed by atoms with van der Waals surface area (Å²) in [5, 5.41) is 8.25. The number of nitrogens with zero attached hydrogens (tertiary/aromatic N) is 3. The Kier molecular flexibility index (Phi) is 7.57. The molecule has 0 N–H and O–H groups in total. The first-order chi connectivity index (χ1) is 19.2. The van der Waals surface area contributed by atoms with Crippen molar-refractivity contribution in [1.29, 1.82) is 0 Å². The van der Waals surface area contributed by atoms with E-state index in [1.807, 2.05) is 91.0 Å². The zero-order valence-corrected chi connectivity index (χ0v) is 23.7. The molecule has 5 nitrogen and oxygen atoms in total. The molecule has 0 radical (unpaired) electrons. The molecule has 3 aromatic carbocycles.